The Labute approximate surface area is 157 Å². The average Bonchev–Trinajstić information content (AvgIpc) is 3.21. The smallest absolute Gasteiger partial charge is 0.253 e. The molecule has 0 aliphatic carbocycles. The zero-order valence-electron chi connectivity index (χ0n) is 14.9. The largest absolute Gasteiger partial charge is 0.348 e. The summed E-state index contributed by atoms with van der Waals surface area (Å²) >= 11 is 0. The minimum atomic E-state index is -3.59. The standard InChI is InChI=1S/C18H19N5O3S/c1-22(2)27(25,26)16-6-4-3-5-14(16)11-21-18(24)15-7-8-17(20-12-15)23-10-9-19-13-23/h3-10,12-13H,11H2,1-2H3,(H,21,24). The van der Waals surface area contributed by atoms with Crippen LogP contribution >= 0.6 is 0 Å². The molecule has 3 rings (SSSR count). The molecule has 2 heterocycles. The number of carbonyl (C=O) groups excluding carboxylic acids is 1. The summed E-state index contributed by atoms with van der Waals surface area (Å²) in [6.45, 7) is 0.0886. The molecule has 8 nitrogen and oxygen atoms in total. The van der Waals surface area contributed by atoms with Crippen molar-refractivity contribution in [2.45, 2.75) is 11.4 Å². The number of carbonyl (C=O) groups is 1. The Morgan fingerprint density at radius 1 is 1.19 bits per heavy atom. The van der Waals surface area contributed by atoms with Gasteiger partial charge < -0.3 is 5.32 Å². The van der Waals surface area contributed by atoms with E-state index in [1.165, 1.54) is 26.4 Å². The highest BCUT2D eigenvalue weighted by atomic mass is 32.2. The van der Waals surface area contributed by atoms with Crippen LogP contribution in [0.15, 0.2) is 66.2 Å². The van der Waals surface area contributed by atoms with Crippen molar-refractivity contribution in [3.05, 3.63) is 72.4 Å². The Bertz CT molecular complexity index is 1030. The van der Waals surface area contributed by atoms with Gasteiger partial charge in [0.1, 0.15) is 12.1 Å². The van der Waals surface area contributed by atoms with E-state index in [1.807, 2.05) is 0 Å². The molecule has 0 fully saturated rings. The van der Waals surface area contributed by atoms with Crippen LogP contribution in [0.1, 0.15) is 15.9 Å². The molecule has 0 aliphatic heterocycles. The van der Waals surface area contributed by atoms with E-state index in [1.54, 1.807) is 53.6 Å². The van der Waals surface area contributed by atoms with Crippen molar-refractivity contribution in [1.29, 1.82) is 0 Å². The predicted octanol–water partition coefficient (Wildman–Crippen LogP) is 1.45. The third kappa shape index (κ3) is 4.04. The van der Waals surface area contributed by atoms with Gasteiger partial charge in [0.2, 0.25) is 10.0 Å². The Morgan fingerprint density at radius 2 is 1.96 bits per heavy atom. The van der Waals surface area contributed by atoms with E-state index in [-0.39, 0.29) is 17.3 Å². The molecule has 0 atom stereocenters. The number of rotatable bonds is 6. The van der Waals surface area contributed by atoms with Gasteiger partial charge in [-0.1, -0.05) is 18.2 Å². The van der Waals surface area contributed by atoms with Gasteiger partial charge >= 0.3 is 0 Å². The molecule has 1 N–H and O–H groups in total. The van der Waals surface area contributed by atoms with Gasteiger partial charge in [0, 0.05) is 39.2 Å². The van der Waals surface area contributed by atoms with Crippen LogP contribution in [0.25, 0.3) is 5.82 Å². The summed E-state index contributed by atoms with van der Waals surface area (Å²) in [7, 11) is -0.649. The van der Waals surface area contributed by atoms with E-state index < -0.39 is 10.0 Å². The van der Waals surface area contributed by atoms with E-state index >= 15 is 0 Å². The van der Waals surface area contributed by atoms with Gasteiger partial charge in [-0.05, 0) is 23.8 Å². The Kier molecular flexibility index (Phi) is 5.33. The van der Waals surface area contributed by atoms with E-state index in [0.29, 0.717) is 16.9 Å². The summed E-state index contributed by atoms with van der Waals surface area (Å²) in [6, 6.07) is 9.95. The fraction of sp³-hybridized carbons (Fsp3) is 0.167. The van der Waals surface area contributed by atoms with Gasteiger partial charge in [-0.25, -0.2) is 22.7 Å². The number of hydrogen-bond acceptors (Lipinski definition) is 5. The predicted molar refractivity (Wildman–Crippen MR) is 99.8 cm³/mol. The van der Waals surface area contributed by atoms with Gasteiger partial charge in [0.25, 0.3) is 5.91 Å². The topological polar surface area (TPSA) is 97.2 Å². The van der Waals surface area contributed by atoms with Crippen LogP contribution in [0.5, 0.6) is 0 Å². The molecule has 9 heteroatoms. The lowest BCUT2D eigenvalue weighted by Crippen LogP contribution is -2.27. The third-order valence-corrected chi connectivity index (χ3v) is 5.87. The maximum atomic E-state index is 12.4. The monoisotopic (exact) mass is 385 g/mol. The number of amides is 1. The van der Waals surface area contributed by atoms with Crippen LogP contribution in [0.2, 0.25) is 0 Å². The van der Waals surface area contributed by atoms with Crippen LogP contribution in [0, 0.1) is 0 Å². The van der Waals surface area contributed by atoms with E-state index in [4.69, 9.17) is 0 Å². The molecule has 0 spiro atoms. The molecule has 140 valence electrons. The summed E-state index contributed by atoms with van der Waals surface area (Å²) in [4.78, 5) is 20.7. The number of pyridine rings is 1. The highest BCUT2D eigenvalue weighted by Gasteiger charge is 2.21. The quantitative estimate of drug-likeness (QED) is 0.693. The molecule has 27 heavy (non-hydrogen) atoms. The van der Waals surface area contributed by atoms with Crippen molar-refractivity contribution in [3.63, 3.8) is 0 Å². The SMILES string of the molecule is CN(C)S(=O)(=O)c1ccccc1CNC(=O)c1ccc(-n2ccnc2)nc1. The average molecular weight is 385 g/mol. The number of imidazole rings is 1. The highest BCUT2D eigenvalue weighted by molar-refractivity contribution is 7.89. The first-order valence-electron chi connectivity index (χ1n) is 8.12. The zero-order chi connectivity index (χ0) is 19.4. The lowest BCUT2D eigenvalue weighted by molar-refractivity contribution is 0.0950. The molecule has 0 saturated heterocycles. The molecule has 0 unspecified atom stereocenters. The van der Waals surface area contributed by atoms with Crippen LogP contribution in [-0.4, -0.2) is 47.3 Å². The number of nitrogens with one attached hydrogen (secondary N) is 1. The Morgan fingerprint density at radius 3 is 2.59 bits per heavy atom. The Hall–Kier alpha value is -3.04. The van der Waals surface area contributed by atoms with Crippen LogP contribution in [-0.2, 0) is 16.6 Å². The number of benzene rings is 1. The van der Waals surface area contributed by atoms with Gasteiger partial charge in [-0.15, -0.1) is 0 Å². The lowest BCUT2D eigenvalue weighted by Gasteiger charge is -2.15. The summed E-state index contributed by atoms with van der Waals surface area (Å²) in [5.74, 6) is 0.309. The molecule has 0 bridgehead atoms. The van der Waals surface area contributed by atoms with Crippen molar-refractivity contribution in [1.82, 2.24) is 24.2 Å². The first-order chi connectivity index (χ1) is 12.9. The number of nitrogens with zero attached hydrogens (tertiary/aromatic N) is 4. The number of sulfonamides is 1. The van der Waals surface area contributed by atoms with Gasteiger partial charge in [0.05, 0.1) is 10.5 Å². The molecule has 3 aromatic rings. The van der Waals surface area contributed by atoms with Crippen molar-refractivity contribution in [2.75, 3.05) is 14.1 Å². The van der Waals surface area contributed by atoms with Gasteiger partial charge in [-0.2, -0.15) is 0 Å². The molecule has 0 saturated carbocycles. The van der Waals surface area contributed by atoms with Crippen molar-refractivity contribution in [2.24, 2.45) is 0 Å². The summed E-state index contributed by atoms with van der Waals surface area (Å²) < 4.78 is 27.7. The second kappa shape index (κ2) is 7.68. The number of hydrogen-bond donors (Lipinski definition) is 1. The van der Waals surface area contributed by atoms with Crippen LogP contribution in [0.4, 0.5) is 0 Å². The van der Waals surface area contributed by atoms with Crippen LogP contribution < -0.4 is 5.32 Å². The fourth-order valence-corrected chi connectivity index (χ4v) is 3.56. The summed E-state index contributed by atoms with van der Waals surface area (Å²) in [6.07, 6.45) is 6.48. The maximum Gasteiger partial charge on any atom is 0.253 e. The van der Waals surface area contributed by atoms with E-state index in [0.717, 1.165) is 4.31 Å². The first kappa shape index (κ1) is 18.7. The minimum Gasteiger partial charge on any atom is -0.348 e. The van der Waals surface area contributed by atoms with E-state index in [2.05, 4.69) is 15.3 Å². The fourth-order valence-electron chi connectivity index (χ4n) is 2.44. The first-order valence-corrected chi connectivity index (χ1v) is 9.56. The third-order valence-electron chi connectivity index (χ3n) is 3.95. The Balaban J connectivity index is 1.73. The molecular formula is C18H19N5O3S. The van der Waals surface area contributed by atoms with Crippen molar-refractivity contribution < 1.29 is 13.2 Å². The van der Waals surface area contributed by atoms with Gasteiger partial charge in [0.15, 0.2) is 0 Å². The second-order valence-corrected chi connectivity index (χ2v) is 8.07. The summed E-state index contributed by atoms with van der Waals surface area (Å²) in [5.41, 5.74) is 0.898. The second-order valence-electron chi connectivity index (χ2n) is 5.95. The van der Waals surface area contributed by atoms with Crippen LogP contribution in [0.3, 0.4) is 0 Å². The van der Waals surface area contributed by atoms with Crippen molar-refractivity contribution in [3.8, 4) is 5.82 Å². The van der Waals surface area contributed by atoms with Crippen molar-refractivity contribution >= 4 is 15.9 Å². The number of aromatic nitrogens is 3. The molecule has 1 aromatic carbocycles. The highest BCUT2D eigenvalue weighted by Crippen LogP contribution is 2.18. The lowest BCUT2D eigenvalue weighted by atomic mass is 10.2. The molecule has 1 amide bonds. The normalized spacial score (nSPS) is 11.5. The minimum absolute atomic E-state index is 0.0886. The molecule has 0 radical (unpaired) electrons. The molecule has 2 aromatic heterocycles. The maximum absolute atomic E-state index is 12.4. The molecule has 0 aliphatic rings. The zero-order valence-corrected chi connectivity index (χ0v) is 15.7. The van der Waals surface area contributed by atoms with E-state index in [9.17, 15) is 13.2 Å². The summed E-state index contributed by atoms with van der Waals surface area (Å²) in [5, 5.41) is 2.74. The molecular weight excluding hydrogens is 366 g/mol. The van der Waals surface area contributed by atoms with Gasteiger partial charge in [-0.3, -0.25) is 9.36 Å².